The lowest BCUT2D eigenvalue weighted by Gasteiger charge is -2.21. The monoisotopic (exact) mass is 210 g/mol. The average molecular weight is 210 g/mol. The molecule has 1 aromatic rings. The van der Waals surface area contributed by atoms with Crippen LogP contribution in [0.5, 0.6) is 5.75 Å². The molecule has 1 aromatic carbocycles. The van der Waals surface area contributed by atoms with E-state index in [1.165, 1.54) is 0 Å². The predicted molar refractivity (Wildman–Crippen MR) is 57.8 cm³/mol. The number of phenolic OH excluding ortho intramolecular Hbond substituents is 1. The first-order valence-corrected chi connectivity index (χ1v) is 5.76. The topological polar surface area (TPSA) is 29.5 Å². The SMILES string of the molecule is Oc1ccccc1SC1CCOCC1. The lowest BCUT2D eigenvalue weighted by Crippen LogP contribution is -2.17. The minimum Gasteiger partial charge on any atom is -0.507 e. The highest BCUT2D eigenvalue weighted by Gasteiger charge is 2.16. The van der Waals surface area contributed by atoms with E-state index in [1.54, 1.807) is 17.8 Å². The summed E-state index contributed by atoms with van der Waals surface area (Å²) in [5.74, 6) is 0.393. The highest BCUT2D eigenvalue weighted by atomic mass is 32.2. The van der Waals surface area contributed by atoms with Crippen LogP contribution < -0.4 is 0 Å². The number of para-hydroxylation sites is 1. The molecule has 1 aliphatic rings. The molecular weight excluding hydrogens is 196 g/mol. The quantitative estimate of drug-likeness (QED) is 0.813. The number of rotatable bonds is 2. The van der Waals surface area contributed by atoms with E-state index in [0.29, 0.717) is 11.0 Å². The van der Waals surface area contributed by atoms with Gasteiger partial charge in [0.25, 0.3) is 0 Å². The molecule has 0 saturated carbocycles. The molecule has 1 fully saturated rings. The van der Waals surface area contributed by atoms with Crippen LogP contribution in [0, 0.1) is 0 Å². The first-order chi connectivity index (χ1) is 6.86. The van der Waals surface area contributed by atoms with Crippen LogP contribution >= 0.6 is 11.8 Å². The van der Waals surface area contributed by atoms with Gasteiger partial charge in [-0.15, -0.1) is 11.8 Å². The second-order valence-electron chi connectivity index (χ2n) is 3.40. The Morgan fingerprint density at radius 2 is 1.93 bits per heavy atom. The molecule has 76 valence electrons. The van der Waals surface area contributed by atoms with Crippen molar-refractivity contribution in [1.82, 2.24) is 0 Å². The molecule has 0 radical (unpaired) electrons. The molecule has 0 amide bonds. The van der Waals surface area contributed by atoms with Crippen molar-refractivity contribution in [2.75, 3.05) is 13.2 Å². The van der Waals surface area contributed by atoms with Crippen LogP contribution in [0.3, 0.4) is 0 Å². The number of phenols is 1. The highest BCUT2D eigenvalue weighted by molar-refractivity contribution is 8.00. The number of thioether (sulfide) groups is 1. The summed E-state index contributed by atoms with van der Waals surface area (Å²) >= 11 is 1.76. The summed E-state index contributed by atoms with van der Waals surface area (Å²) in [6, 6.07) is 7.52. The Labute approximate surface area is 88.3 Å². The van der Waals surface area contributed by atoms with E-state index >= 15 is 0 Å². The third-order valence-electron chi connectivity index (χ3n) is 2.33. The van der Waals surface area contributed by atoms with Crippen molar-refractivity contribution < 1.29 is 9.84 Å². The zero-order chi connectivity index (χ0) is 9.80. The fourth-order valence-corrected chi connectivity index (χ4v) is 2.66. The number of hydrogen-bond acceptors (Lipinski definition) is 3. The fraction of sp³-hybridized carbons (Fsp3) is 0.455. The molecule has 0 atom stereocenters. The minimum atomic E-state index is 0.393. The maximum atomic E-state index is 9.59. The van der Waals surface area contributed by atoms with Gasteiger partial charge in [0.2, 0.25) is 0 Å². The van der Waals surface area contributed by atoms with Crippen molar-refractivity contribution in [2.45, 2.75) is 23.0 Å². The van der Waals surface area contributed by atoms with Crippen LogP contribution in [0.15, 0.2) is 29.2 Å². The molecule has 0 bridgehead atoms. The summed E-state index contributed by atoms with van der Waals surface area (Å²) in [7, 11) is 0. The van der Waals surface area contributed by atoms with E-state index in [0.717, 1.165) is 31.0 Å². The molecule has 0 aliphatic carbocycles. The standard InChI is InChI=1S/C11H14O2S/c12-10-3-1-2-4-11(10)14-9-5-7-13-8-6-9/h1-4,9,12H,5-8H2. The maximum absolute atomic E-state index is 9.59. The van der Waals surface area contributed by atoms with Crippen molar-refractivity contribution >= 4 is 11.8 Å². The van der Waals surface area contributed by atoms with Gasteiger partial charge in [-0.25, -0.2) is 0 Å². The van der Waals surface area contributed by atoms with Crippen LogP contribution in [0.4, 0.5) is 0 Å². The Morgan fingerprint density at radius 3 is 2.64 bits per heavy atom. The molecule has 1 heterocycles. The maximum Gasteiger partial charge on any atom is 0.129 e. The van der Waals surface area contributed by atoms with Gasteiger partial charge in [-0.3, -0.25) is 0 Å². The molecule has 1 saturated heterocycles. The van der Waals surface area contributed by atoms with E-state index in [2.05, 4.69) is 0 Å². The van der Waals surface area contributed by atoms with Crippen LogP contribution in [0.2, 0.25) is 0 Å². The number of ether oxygens (including phenoxy) is 1. The first kappa shape index (κ1) is 9.87. The molecule has 1 N–H and O–H groups in total. The smallest absolute Gasteiger partial charge is 0.129 e. The summed E-state index contributed by atoms with van der Waals surface area (Å²) in [5, 5.41) is 10.2. The Bertz CT molecular complexity index is 295. The predicted octanol–water partition coefficient (Wildman–Crippen LogP) is 2.66. The third kappa shape index (κ3) is 2.42. The zero-order valence-electron chi connectivity index (χ0n) is 7.98. The minimum absolute atomic E-state index is 0.393. The van der Waals surface area contributed by atoms with E-state index < -0.39 is 0 Å². The second kappa shape index (κ2) is 4.71. The van der Waals surface area contributed by atoms with Gasteiger partial charge in [-0.1, -0.05) is 12.1 Å². The van der Waals surface area contributed by atoms with E-state index in [-0.39, 0.29) is 0 Å². The molecule has 2 nitrogen and oxygen atoms in total. The van der Waals surface area contributed by atoms with Crippen molar-refractivity contribution in [3.63, 3.8) is 0 Å². The number of hydrogen-bond donors (Lipinski definition) is 1. The Hall–Kier alpha value is -0.670. The van der Waals surface area contributed by atoms with Gasteiger partial charge < -0.3 is 9.84 Å². The van der Waals surface area contributed by atoms with Crippen LogP contribution in [0.1, 0.15) is 12.8 Å². The molecule has 14 heavy (non-hydrogen) atoms. The average Bonchev–Trinajstić information content (AvgIpc) is 2.23. The van der Waals surface area contributed by atoms with Gasteiger partial charge in [0, 0.05) is 23.4 Å². The van der Waals surface area contributed by atoms with Crippen LogP contribution in [-0.2, 0) is 4.74 Å². The summed E-state index contributed by atoms with van der Waals surface area (Å²) in [6.45, 7) is 1.70. The van der Waals surface area contributed by atoms with Gasteiger partial charge in [-0.2, -0.15) is 0 Å². The largest absolute Gasteiger partial charge is 0.507 e. The Kier molecular flexibility index (Phi) is 3.32. The molecule has 0 spiro atoms. The fourth-order valence-electron chi connectivity index (χ4n) is 1.53. The van der Waals surface area contributed by atoms with E-state index in [4.69, 9.17) is 4.74 Å². The van der Waals surface area contributed by atoms with Crippen molar-refractivity contribution in [3.8, 4) is 5.75 Å². The van der Waals surface area contributed by atoms with E-state index in [9.17, 15) is 5.11 Å². The summed E-state index contributed by atoms with van der Waals surface area (Å²) in [4.78, 5) is 0.986. The lowest BCUT2D eigenvalue weighted by molar-refractivity contribution is 0.1000. The van der Waals surface area contributed by atoms with E-state index in [1.807, 2.05) is 18.2 Å². The zero-order valence-corrected chi connectivity index (χ0v) is 8.80. The molecule has 2 rings (SSSR count). The van der Waals surface area contributed by atoms with Crippen molar-refractivity contribution in [2.24, 2.45) is 0 Å². The van der Waals surface area contributed by atoms with Crippen molar-refractivity contribution in [3.05, 3.63) is 24.3 Å². The normalized spacial score (nSPS) is 18.3. The molecule has 1 aliphatic heterocycles. The second-order valence-corrected chi connectivity index (χ2v) is 4.74. The summed E-state index contributed by atoms with van der Waals surface area (Å²) < 4.78 is 5.29. The lowest BCUT2D eigenvalue weighted by atomic mass is 10.2. The summed E-state index contributed by atoms with van der Waals surface area (Å²) in [5.41, 5.74) is 0. The van der Waals surface area contributed by atoms with Gasteiger partial charge in [0.05, 0.1) is 0 Å². The molecular formula is C11H14O2S. The van der Waals surface area contributed by atoms with Crippen LogP contribution in [-0.4, -0.2) is 23.6 Å². The summed E-state index contributed by atoms with van der Waals surface area (Å²) in [6.07, 6.45) is 2.16. The third-order valence-corrected chi connectivity index (χ3v) is 3.73. The highest BCUT2D eigenvalue weighted by Crippen LogP contribution is 2.34. The molecule has 3 heteroatoms. The molecule has 0 aromatic heterocycles. The number of benzene rings is 1. The first-order valence-electron chi connectivity index (χ1n) is 4.88. The van der Waals surface area contributed by atoms with Crippen LogP contribution in [0.25, 0.3) is 0 Å². The Balaban J connectivity index is 1.99. The van der Waals surface area contributed by atoms with Gasteiger partial charge in [-0.05, 0) is 25.0 Å². The van der Waals surface area contributed by atoms with Gasteiger partial charge >= 0.3 is 0 Å². The van der Waals surface area contributed by atoms with Gasteiger partial charge in [0.15, 0.2) is 0 Å². The van der Waals surface area contributed by atoms with Crippen molar-refractivity contribution in [1.29, 1.82) is 0 Å². The number of aromatic hydroxyl groups is 1. The molecule has 0 unspecified atom stereocenters. The Morgan fingerprint density at radius 1 is 1.21 bits per heavy atom. The van der Waals surface area contributed by atoms with Gasteiger partial charge in [0.1, 0.15) is 5.75 Å².